The lowest BCUT2D eigenvalue weighted by Crippen LogP contribution is -2.36. The minimum atomic E-state index is -0.135. The van der Waals surface area contributed by atoms with Crippen molar-refractivity contribution in [3.63, 3.8) is 0 Å². The van der Waals surface area contributed by atoms with Gasteiger partial charge in [0, 0.05) is 9.75 Å². The van der Waals surface area contributed by atoms with Gasteiger partial charge in [-0.15, -0.1) is 11.3 Å². The quantitative estimate of drug-likeness (QED) is 0.204. The minimum absolute atomic E-state index is 0.135. The van der Waals surface area contributed by atoms with Crippen LogP contribution >= 0.6 is 23.1 Å². The summed E-state index contributed by atoms with van der Waals surface area (Å²) in [7, 11) is 0. The standard InChI is InChI=1S/C22H20N4OS2/c1-16-11-12-18(29-16)13-23-25-21(27)15-28-22-24-19-9-5-6-10-20(19)26(22)14-17-7-3-2-4-8-17/h2-13H,14-15H2,1H3,(H,25,27)/p+1. The number of nitrogens with one attached hydrogen (secondary N) is 2. The van der Waals surface area contributed by atoms with Crippen LogP contribution in [0.15, 0.2) is 77.0 Å². The topological polar surface area (TPSA) is 61.1 Å². The summed E-state index contributed by atoms with van der Waals surface area (Å²) in [5, 5.41) is 5.00. The number of hydrazone groups is 1. The highest BCUT2D eigenvalue weighted by Crippen LogP contribution is 2.18. The fourth-order valence-corrected chi connectivity index (χ4v) is 4.58. The Morgan fingerprint density at radius 1 is 1.14 bits per heavy atom. The molecule has 146 valence electrons. The van der Waals surface area contributed by atoms with Gasteiger partial charge in [-0.3, -0.25) is 4.79 Å². The minimum Gasteiger partial charge on any atom is -0.272 e. The van der Waals surface area contributed by atoms with Gasteiger partial charge in [0.2, 0.25) is 0 Å². The molecular weight excluding hydrogens is 400 g/mol. The van der Waals surface area contributed by atoms with Crippen LogP contribution in [-0.4, -0.2) is 22.9 Å². The van der Waals surface area contributed by atoms with Gasteiger partial charge in [-0.05, 0) is 48.5 Å². The SMILES string of the molecule is Cc1ccc(C=NNC(=O)CSc2[nH]c3ccccc3[n+]2Cc2ccccc2)s1. The number of imidazole rings is 1. The molecule has 0 atom stereocenters. The van der Waals surface area contributed by atoms with Crippen LogP contribution in [0.1, 0.15) is 15.3 Å². The maximum absolute atomic E-state index is 12.2. The van der Waals surface area contributed by atoms with Crippen molar-refractivity contribution in [2.24, 2.45) is 5.10 Å². The van der Waals surface area contributed by atoms with E-state index < -0.39 is 0 Å². The number of fused-ring (bicyclic) bond motifs is 1. The molecule has 0 aliphatic carbocycles. The van der Waals surface area contributed by atoms with Crippen LogP contribution in [0.25, 0.3) is 11.0 Å². The van der Waals surface area contributed by atoms with E-state index in [1.807, 2.05) is 55.5 Å². The summed E-state index contributed by atoms with van der Waals surface area (Å²) in [6.07, 6.45) is 1.68. The van der Waals surface area contributed by atoms with E-state index in [-0.39, 0.29) is 11.7 Å². The summed E-state index contributed by atoms with van der Waals surface area (Å²) in [5.41, 5.74) is 5.99. The summed E-state index contributed by atoms with van der Waals surface area (Å²) < 4.78 is 2.21. The van der Waals surface area contributed by atoms with Crippen molar-refractivity contribution in [3.05, 3.63) is 82.0 Å². The smallest absolute Gasteiger partial charge is 0.272 e. The van der Waals surface area contributed by atoms with Gasteiger partial charge in [0.05, 0.1) is 12.0 Å². The Balaban J connectivity index is 1.45. The van der Waals surface area contributed by atoms with Crippen molar-refractivity contribution >= 4 is 46.3 Å². The zero-order chi connectivity index (χ0) is 20.1. The second-order valence-electron chi connectivity index (χ2n) is 6.55. The van der Waals surface area contributed by atoms with E-state index in [9.17, 15) is 4.79 Å². The first-order valence-corrected chi connectivity index (χ1v) is 11.0. The summed E-state index contributed by atoms with van der Waals surface area (Å²) in [6.45, 7) is 2.78. The number of thiophene rings is 1. The second-order valence-corrected chi connectivity index (χ2v) is 8.83. The number of carbonyl (C=O) groups excluding carboxylic acids is 1. The van der Waals surface area contributed by atoms with Gasteiger partial charge in [0.1, 0.15) is 6.54 Å². The molecule has 0 saturated heterocycles. The Morgan fingerprint density at radius 3 is 2.72 bits per heavy atom. The predicted octanol–water partition coefficient (Wildman–Crippen LogP) is 4.12. The van der Waals surface area contributed by atoms with Crippen LogP contribution in [0, 0.1) is 6.92 Å². The number of hydrogen-bond acceptors (Lipinski definition) is 4. The predicted molar refractivity (Wildman–Crippen MR) is 120 cm³/mol. The van der Waals surface area contributed by atoms with Crippen LogP contribution in [0.4, 0.5) is 0 Å². The molecule has 2 aromatic carbocycles. The molecule has 0 fully saturated rings. The number of benzene rings is 2. The molecule has 0 aliphatic heterocycles. The average Bonchev–Trinajstić information content (AvgIpc) is 3.31. The van der Waals surface area contributed by atoms with Crippen LogP contribution in [0.5, 0.6) is 0 Å². The molecule has 7 heteroatoms. The van der Waals surface area contributed by atoms with Crippen molar-refractivity contribution in [3.8, 4) is 0 Å². The molecule has 0 aliphatic rings. The highest BCUT2D eigenvalue weighted by Gasteiger charge is 2.20. The molecule has 0 bridgehead atoms. The van der Waals surface area contributed by atoms with Crippen LogP contribution < -0.4 is 9.99 Å². The number of aryl methyl sites for hydroxylation is 1. The summed E-state index contributed by atoms with van der Waals surface area (Å²) >= 11 is 3.12. The Hall–Kier alpha value is -2.90. The number of amides is 1. The number of H-pyrrole nitrogens is 1. The number of nitrogens with zero attached hydrogens (tertiary/aromatic N) is 2. The monoisotopic (exact) mass is 421 g/mol. The van der Waals surface area contributed by atoms with Gasteiger partial charge in [0.25, 0.3) is 5.91 Å². The lowest BCUT2D eigenvalue weighted by molar-refractivity contribution is -0.700. The lowest BCUT2D eigenvalue weighted by atomic mass is 10.2. The van der Waals surface area contributed by atoms with Gasteiger partial charge < -0.3 is 0 Å². The fourth-order valence-electron chi connectivity index (χ4n) is 3.00. The van der Waals surface area contributed by atoms with E-state index >= 15 is 0 Å². The van der Waals surface area contributed by atoms with Crippen molar-refractivity contribution in [2.75, 3.05) is 5.75 Å². The molecule has 2 aromatic heterocycles. The Kier molecular flexibility index (Phi) is 6.07. The summed E-state index contributed by atoms with van der Waals surface area (Å²) in [6, 6.07) is 22.5. The molecule has 0 unspecified atom stereocenters. The maximum atomic E-state index is 12.2. The molecule has 1 amide bonds. The van der Waals surface area contributed by atoms with Crippen molar-refractivity contribution in [1.29, 1.82) is 0 Å². The molecule has 0 saturated carbocycles. The highest BCUT2D eigenvalue weighted by atomic mass is 32.2. The van der Waals surface area contributed by atoms with E-state index in [1.54, 1.807) is 17.6 Å². The normalized spacial score (nSPS) is 11.3. The van der Waals surface area contributed by atoms with E-state index in [1.165, 1.54) is 22.2 Å². The van der Waals surface area contributed by atoms with E-state index in [4.69, 9.17) is 0 Å². The van der Waals surface area contributed by atoms with Gasteiger partial charge in [-0.2, -0.15) is 5.10 Å². The number of aromatic amines is 1. The zero-order valence-corrected chi connectivity index (χ0v) is 17.6. The van der Waals surface area contributed by atoms with E-state index in [0.717, 1.165) is 27.6 Å². The molecule has 0 spiro atoms. The number of hydrogen-bond donors (Lipinski definition) is 2. The third kappa shape index (κ3) is 4.93. The van der Waals surface area contributed by atoms with Gasteiger partial charge in [0.15, 0.2) is 11.0 Å². The first-order chi connectivity index (χ1) is 14.2. The first-order valence-electron chi connectivity index (χ1n) is 9.24. The molecule has 5 nitrogen and oxygen atoms in total. The molecule has 2 heterocycles. The van der Waals surface area contributed by atoms with Crippen molar-refractivity contribution in [2.45, 2.75) is 18.6 Å². The van der Waals surface area contributed by atoms with Crippen LogP contribution in [0.2, 0.25) is 0 Å². The molecule has 29 heavy (non-hydrogen) atoms. The van der Waals surface area contributed by atoms with Crippen molar-refractivity contribution in [1.82, 2.24) is 10.4 Å². The van der Waals surface area contributed by atoms with Gasteiger partial charge >= 0.3 is 5.16 Å². The summed E-state index contributed by atoms with van der Waals surface area (Å²) in [5.74, 6) is 0.145. The molecule has 0 radical (unpaired) electrons. The first kappa shape index (κ1) is 19.4. The Morgan fingerprint density at radius 2 is 1.93 bits per heavy atom. The highest BCUT2D eigenvalue weighted by molar-refractivity contribution is 7.99. The molecular formula is C22H21N4OS2+. The zero-order valence-electron chi connectivity index (χ0n) is 16.0. The maximum Gasteiger partial charge on any atom is 0.317 e. The number of rotatable bonds is 7. The van der Waals surface area contributed by atoms with E-state index in [2.05, 4.69) is 38.3 Å². The Bertz CT molecular complexity index is 1150. The number of aromatic nitrogens is 2. The lowest BCUT2D eigenvalue weighted by Gasteiger charge is -2.02. The summed E-state index contributed by atoms with van der Waals surface area (Å²) in [4.78, 5) is 17.9. The molecule has 4 rings (SSSR count). The van der Waals surface area contributed by atoms with Crippen molar-refractivity contribution < 1.29 is 9.36 Å². The fraction of sp³-hybridized carbons (Fsp3) is 0.136. The third-order valence-electron chi connectivity index (χ3n) is 4.35. The van der Waals surface area contributed by atoms with E-state index in [0.29, 0.717) is 0 Å². The van der Waals surface area contributed by atoms with Gasteiger partial charge in [-0.25, -0.2) is 15.0 Å². The van der Waals surface area contributed by atoms with Crippen LogP contribution in [-0.2, 0) is 11.3 Å². The molecule has 4 aromatic rings. The third-order valence-corrected chi connectivity index (χ3v) is 6.28. The second kappa shape index (κ2) is 9.07. The largest absolute Gasteiger partial charge is 0.317 e. The number of thioether (sulfide) groups is 1. The molecule has 2 N–H and O–H groups in total. The van der Waals surface area contributed by atoms with Gasteiger partial charge in [-0.1, -0.05) is 42.5 Å². The number of carbonyl (C=O) groups is 1. The van der Waals surface area contributed by atoms with Crippen LogP contribution in [0.3, 0.4) is 0 Å². The number of para-hydroxylation sites is 2. The average molecular weight is 422 g/mol. The Labute approximate surface area is 177 Å².